The monoisotopic (exact) mass is 183 g/mol. The van der Waals surface area contributed by atoms with E-state index in [-0.39, 0.29) is 11.7 Å². The van der Waals surface area contributed by atoms with E-state index in [0.29, 0.717) is 0 Å². The van der Waals surface area contributed by atoms with Crippen molar-refractivity contribution in [1.29, 1.82) is 0 Å². The van der Waals surface area contributed by atoms with E-state index in [1.165, 1.54) is 19.3 Å². The number of alkyl carbamates (subject to hydrolysis) is 1. The van der Waals surface area contributed by atoms with E-state index in [0.717, 1.165) is 25.3 Å². The molecule has 13 heavy (non-hydrogen) atoms. The van der Waals surface area contributed by atoms with Crippen LogP contribution in [0.15, 0.2) is 0 Å². The molecule has 1 spiro atoms. The minimum atomic E-state index is -0.225. The Morgan fingerprint density at radius 1 is 1.69 bits per heavy atom. The number of hydrogen-bond donors (Lipinski definition) is 1. The van der Waals surface area contributed by atoms with Crippen LogP contribution in [0, 0.1) is 5.92 Å². The van der Waals surface area contributed by atoms with Gasteiger partial charge in [-0.05, 0) is 25.2 Å². The second kappa shape index (κ2) is 3.20. The summed E-state index contributed by atoms with van der Waals surface area (Å²) >= 11 is 0. The molecule has 1 aliphatic heterocycles. The van der Waals surface area contributed by atoms with E-state index in [1.807, 2.05) is 0 Å². The summed E-state index contributed by atoms with van der Waals surface area (Å²) in [6.07, 6.45) is 5.59. The fourth-order valence-electron chi connectivity index (χ4n) is 2.55. The van der Waals surface area contributed by atoms with Crippen LogP contribution in [0.5, 0.6) is 0 Å². The Balaban J connectivity index is 2.02. The number of rotatable bonds is 1. The molecule has 1 saturated carbocycles. The Bertz CT molecular complexity index is 217. The molecule has 1 aliphatic carbocycles. The lowest BCUT2D eigenvalue weighted by molar-refractivity contribution is 0.00651. The SMILES string of the molecule is CC[C@@H]1CCC[C@@]2(CNC(=O)O2)C1. The number of hydrogen-bond acceptors (Lipinski definition) is 2. The first-order valence-electron chi connectivity index (χ1n) is 5.21. The lowest BCUT2D eigenvalue weighted by Gasteiger charge is -2.35. The molecule has 3 heteroatoms. The Morgan fingerprint density at radius 2 is 2.54 bits per heavy atom. The summed E-state index contributed by atoms with van der Waals surface area (Å²) in [6.45, 7) is 2.94. The van der Waals surface area contributed by atoms with Crippen molar-refractivity contribution in [2.24, 2.45) is 5.92 Å². The molecule has 3 nitrogen and oxygen atoms in total. The maximum atomic E-state index is 11.0. The Labute approximate surface area is 78.8 Å². The topological polar surface area (TPSA) is 38.3 Å². The van der Waals surface area contributed by atoms with Crippen LogP contribution in [0.3, 0.4) is 0 Å². The number of amides is 1. The van der Waals surface area contributed by atoms with Crippen molar-refractivity contribution in [3.63, 3.8) is 0 Å². The van der Waals surface area contributed by atoms with Gasteiger partial charge in [0.1, 0.15) is 5.60 Å². The van der Waals surface area contributed by atoms with Crippen molar-refractivity contribution in [1.82, 2.24) is 5.32 Å². The minimum absolute atomic E-state index is 0.143. The molecular formula is C10H17NO2. The molecule has 0 unspecified atom stereocenters. The van der Waals surface area contributed by atoms with Crippen LogP contribution in [0.2, 0.25) is 0 Å². The second-order valence-corrected chi connectivity index (χ2v) is 4.30. The van der Waals surface area contributed by atoms with Gasteiger partial charge in [0, 0.05) is 0 Å². The van der Waals surface area contributed by atoms with Crippen molar-refractivity contribution in [2.45, 2.75) is 44.6 Å². The number of carbonyl (C=O) groups excluding carboxylic acids is 1. The first kappa shape index (κ1) is 8.85. The van der Waals surface area contributed by atoms with Crippen LogP contribution < -0.4 is 5.32 Å². The van der Waals surface area contributed by atoms with Crippen LogP contribution in [-0.2, 0) is 4.74 Å². The molecule has 2 aliphatic rings. The highest BCUT2D eigenvalue weighted by Gasteiger charge is 2.43. The van der Waals surface area contributed by atoms with Gasteiger partial charge in [0.25, 0.3) is 0 Å². The standard InChI is InChI=1S/C10H17NO2/c1-2-8-4-3-5-10(6-8)7-11-9(12)13-10/h8H,2-7H2,1H3,(H,11,12)/t8-,10+/m1/s1. The van der Waals surface area contributed by atoms with E-state index in [2.05, 4.69) is 12.2 Å². The maximum absolute atomic E-state index is 11.0. The van der Waals surface area contributed by atoms with Crippen LogP contribution in [0.25, 0.3) is 0 Å². The average molecular weight is 183 g/mol. The quantitative estimate of drug-likeness (QED) is 0.675. The molecule has 1 amide bonds. The van der Waals surface area contributed by atoms with Gasteiger partial charge in [-0.3, -0.25) is 0 Å². The van der Waals surface area contributed by atoms with Gasteiger partial charge in [-0.1, -0.05) is 19.8 Å². The van der Waals surface area contributed by atoms with Gasteiger partial charge >= 0.3 is 6.09 Å². The lowest BCUT2D eigenvalue weighted by Crippen LogP contribution is -2.38. The molecule has 74 valence electrons. The number of nitrogens with one attached hydrogen (secondary N) is 1. The van der Waals surface area contributed by atoms with Crippen molar-refractivity contribution < 1.29 is 9.53 Å². The predicted octanol–water partition coefficient (Wildman–Crippen LogP) is 2.07. The van der Waals surface area contributed by atoms with Crippen molar-refractivity contribution >= 4 is 6.09 Å². The summed E-state index contributed by atoms with van der Waals surface area (Å²) in [6, 6.07) is 0. The van der Waals surface area contributed by atoms with Gasteiger partial charge in [-0.25, -0.2) is 4.79 Å². The van der Waals surface area contributed by atoms with Crippen molar-refractivity contribution in [3.8, 4) is 0 Å². The first-order chi connectivity index (χ1) is 6.24. The van der Waals surface area contributed by atoms with E-state index in [1.54, 1.807) is 0 Å². The van der Waals surface area contributed by atoms with Crippen LogP contribution >= 0.6 is 0 Å². The molecular weight excluding hydrogens is 166 g/mol. The van der Waals surface area contributed by atoms with Crippen LogP contribution in [-0.4, -0.2) is 18.2 Å². The zero-order chi connectivity index (χ0) is 9.31. The molecule has 0 aromatic rings. The third-order valence-corrected chi connectivity index (χ3v) is 3.35. The van der Waals surface area contributed by atoms with Gasteiger partial charge in [0.2, 0.25) is 0 Å². The third kappa shape index (κ3) is 1.64. The highest BCUT2D eigenvalue weighted by molar-refractivity contribution is 5.70. The Hall–Kier alpha value is -0.730. The van der Waals surface area contributed by atoms with E-state index < -0.39 is 0 Å². The Morgan fingerprint density at radius 3 is 3.15 bits per heavy atom. The van der Waals surface area contributed by atoms with Gasteiger partial charge in [-0.15, -0.1) is 0 Å². The summed E-state index contributed by atoms with van der Waals surface area (Å²) in [7, 11) is 0. The van der Waals surface area contributed by atoms with Gasteiger partial charge in [0.05, 0.1) is 6.54 Å². The third-order valence-electron chi connectivity index (χ3n) is 3.35. The molecule has 1 heterocycles. The smallest absolute Gasteiger partial charge is 0.407 e. The van der Waals surface area contributed by atoms with Crippen LogP contribution in [0.4, 0.5) is 4.79 Å². The van der Waals surface area contributed by atoms with Crippen molar-refractivity contribution in [2.75, 3.05) is 6.54 Å². The normalized spacial score (nSPS) is 38.8. The highest BCUT2D eigenvalue weighted by atomic mass is 16.6. The van der Waals surface area contributed by atoms with Gasteiger partial charge in [-0.2, -0.15) is 0 Å². The zero-order valence-corrected chi connectivity index (χ0v) is 8.14. The largest absolute Gasteiger partial charge is 0.441 e. The molecule has 0 aromatic carbocycles. The fraction of sp³-hybridized carbons (Fsp3) is 0.900. The maximum Gasteiger partial charge on any atom is 0.407 e. The zero-order valence-electron chi connectivity index (χ0n) is 8.14. The Kier molecular flexibility index (Phi) is 2.18. The molecule has 0 aromatic heterocycles. The summed E-state index contributed by atoms with van der Waals surface area (Å²) in [5.74, 6) is 0.751. The second-order valence-electron chi connectivity index (χ2n) is 4.30. The average Bonchev–Trinajstić information content (AvgIpc) is 2.47. The van der Waals surface area contributed by atoms with Crippen molar-refractivity contribution in [3.05, 3.63) is 0 Å². The molecule has 2 fully saturated rings. The lowest BCUT2D eigenvalue weighted by atomic mass is 9.77. The van der Waals surface area contributed by atoms with Gasteiger partial charge in [0.15, 0.2) is 0 Å². The summed E-state index contributed by atoms with van der Waals surface area (Å²) < 4.78 is 5.37. The fourth-order valence-corrected chi connectivity index (χ4v) is 2.55. The molecule has 1 saturated heterocycles. The summed E-state index contributed by atoms with van der Waals surface area (Å²) in [4.78, 5) is 11.0. The molecule has 1 N–H and O–H groups in total. The first-order valence-corrected chi connectivity index (χ1v) is 5.21. The number of ether oxygens (including phenoxy) is 1. The summed E-state index contributed by atoms with van der Waals surface area (Å²) in [5, 5.41) is 2.76. The molecule has 2 atom stereocenters. The summed E-state index contributed by atoms with van der Waals surface area (Å²) in [5.41, 5.74) is -0.143. The van der Waals surface area contributed by atoms with E-state index in [4.69, 9.17) is 4.74 Å². The van der Waals surface area contributed by atoms with Crippen LogP contribution in [0.1, 0.15) is 39.0 Å². The predicted molar refractivity (Wildman–Crippen MR) is 49.5 cm³/mol. The molecule has 2 rings (SSSR count). The number of carbonyl (C=O) groups is 1. The molecule has 0 bridgehead atoms. The van der Waals surface area contributed by atoms with Gasteiger partial charge < -0.3 is 10.1 Å². The van der Waals surface area contributed by atoms with E-state index in [9.17, 15) is 4.79 Å². The van der Waals surface area contributed by atoms with E-state index >= 15 is 0 Å². The molecule has 0 radical (unpaired) electrons. The highest BCUT2D eigenvalue weighted by Crippen LogP contribution is 2.38. The minimum Gasteiger partial charge on any atom is -0.441 e.